The fraction of sp³-hybridized carbons (Fsp3) is 0.312. The highest BCUT2D eigenvalue weighted by molar-refractivity contribution is 5.86. The lowest BCUT2D eigenvalue weighted by atomic mass is 9.99. The maximum Gasteiger partial charge on any atom is 0.332 e. The second-order valence-electron chi connectivity index (χ2n) is 4.61. The predicted molar refractivity (Wildman–Crippen MR) is 78.3 cm³/mol. The monoisotopic (exact) mass is 291 g/mol. The van der Waals surface area contributed by atoms with E-state index in [0.29, 0.717) is 12.0 Å². The van der Waals surface area contributed by atoms with E-state index in [2.05, 4.69) is 0 Å². The fourth-order valence-electron chi connectivity index (χ4n) is 2.17. The van der Waals surface area contributed by atoms with Gasteiger partial charge in [0.05, 0.1) is 19.3 Å². The van der Waals surface area contributed by atoms with Gasteiger partial charge in [0.1, 0.15) is 12.4 Å². The van der Waals surface area contributed by atoms with E-state index in [1.54, 1.807) is 25.1 Å². The molecule has 0 aliphatic carbocycles. The van der Waals surface area contributed by atoms with E-state index in [-0.39, 0.29) is 19.0 Å². The Morgan fingerprint density at radius 3 is 2.67 bits per heavy atom. The van der Waals surface area contributed by atoms with Gasteiger partial charge in [-0.2, -0.15) is 0 Å². The zero-order chi connectivity index (χ0) is 15.2. The zero-order valence-electron chi connectivity index (χ0n) is 11.8. The molecule has 0 amide bonds. The first-order valence-corrected chi connectivity index (χ1v) is 6.79. The maximum absolute atomic E-state index is 13.7. The summed E-state index contributed by atoms with van der Waals surface area (Å²) in [6, 6.07) is 9.73. The van der Waals surface area contributed by atoms with Crippen LogP contribution in [0.25, 0.3) is 10.8 Å². The van der Waals surface area contributed by atoms with E-state index in [1.165, 1.54) is 6.07 Å². The normalized spacial score (nSPS) is 12.3. The fourth-order valence-corrected chi connectivity index (χ4v) is 2.17. The van der Waals surface area contributed by atoms with Crippen LogP contribution in [0.2, 0.25) is 0 Å². The molecule has 1 unspecified atom stereocenters. The minimum atomic E-state index is -0.440. The molecule has 0 saturated carbocycles. The molecule has 0 aliphatic heterocycles. The topological polar surface area (TPSA) is 61.5 Å². The summed E-state index contributed by atoms with van der Waals surface area (Å²) in [7, 11) is 0. The molecule has 0 radical (unpaired) electrons. The second kappa shape index (κ2) is 7.15. The Kier molecular flexibility index (Phi) is 5.25. The van der Waals surface area contributed by atoms with Crippen molar-refractivity contribution in [2.75, 3.05) is 19.8 Å². The lowest BCUT2D eigenvalue weighted by molar-refractivity contribution is -0.148. The Labute approximate surface area is 122 Å². The van der Waals surface area contributed by atoms with Crippen molar-refractivity contribution in [2.45, 2.75) is 13.0 Å². The first-order valence-electron chi connectivity index (χ1n) is 6.79. The molecule has 4 nitrogen and oxygen atoms in total. The van der Waals surface area contributed by atoms with Crippen molar-refractivity contribution >= 4 is 16.7 Å². The molecular formula is C16H18FNO3. The number of nitrogens with two attached hydrogens (primary N) is 1. The lowest BCUT2D eigenvalue weighted by Gasteiger charge is -2.15. The standard InChI is InChI=1S/C16H18FNO3/c1-2-21-16(19)10-20-9-15(18)13-7-8-14(17)12-6-4-3-5-11(12)13/h3-8,15H,2,9-10,18H2,1H3. The molecule has 0 aliphatic rings. The molecule has 0 bridgehead atoms. The molecule has 1 atom stereocenters. The number of hydrogen-bond donors (Lipinski definition) is 1. The van der Waals surface area contributed by atoms with Gasteiger partial charge in [-0.1, -0.05) is 30.3 Å². The van der Waals surface area contributed by atoms with E-state index in [9.17, 15) is 9.18 Å². The molecule has 0 heterocycles. The number of ether oxygens (including phenoxy) is 2. The molecule has 0 fully saturated rings. The van der Waals surface area contributed by atoms with Crippen molar-refractivity contribution < 1.29 is 18.7 Å². The Morgan fingerprint density at radius 1 is 1.24 bits per heavy atom. The maximum atomic E-state index is 13.7. The largest absolute Gasteiger partial charge is 0.464 e. The minimum Gasteiger partial charge on any atom is -0.464 e. The van der Waals surface area contributed by atoms with Gasteiger partial charge in [-0.25, -0.2) is 9.18 Å². The van der Waals surface area contributed by atoms with Crippen LogP contribution in [-0.2, 0) is 14.3 Å². The number of hydrogen-bond acceptors (Lipinski definition) is 4. The van der Waals surface area contributed by atoms with Gasteiger partial charge in [0, 0.05) is 5.39 Å². The van der Waals surface area contributed by atoms with Crippen LogP contribution in [0.15, 0.2) is 36.4 Å². The van der Waals surface area contributed by atoms with Crippen LogP contribution >= 0.6 is 0 Å². The highest BCUT2D eigenvalue weighted by Crippen LogP contribution is 2.25. The SMILES string of the molecule is CCOC(=O)COCC(N)c1ccc(F)c2ccccc12. The summed E-state index contributed by atoms with van der Waals surface area (Å²) < 4.78 is 23.8. The van der Waals surface area contributed by atoms with Gasteiger partial charge < -0.3 is 15.2 Å². The van der Waals surface area contributed by atoms with Gasteiger partial charge in [0.2, 0.25) is 0 Å². The number of carbonyl (C=O) groups is 1. The number of benzene rings is 2. The van der Waals surface area contributed by atoms with Gasteiger partial charge in [0.15, 0.2) is 0 Å². The summed E-state index contributed by atoms with van der Waals surface area (Å²) in [6.45, 7) is 2.07. The van der Waals surface area contributed by atoms with Crippen molar-refractivity contribution in [3.05, 3.63) is 47.8 Å². The third kappa shape index (κ3) is 3.77. The van der Waals surface area contributed by atoms with E-state index in [0.717, 1.165) is 10.9 Å². The Bertz CT molecular complexity index is 630. The molecule has 21 heavy (non-hydrogen) atoms. The van der Waals surface area contributed by atoms with Crippen molar-refractivity contribution in [2.24, 2.45) is 5.73 Å². The van der Waals surface area contributed by atoms with Crippen LogP contribution in [-0.4, -0.2) is 25.8 Å². The molecule has 2 rings (SSSR count). The quantitative estimate of drug-likeness (QED) is 0.831. The molecule has 2 N–H and O–H groups in total. The number of fused-ring (bicyclic) bond motifs is 1. The Hall–Kier alpha value is -1.98. The average molecular weight is 291 g/mol. The third-order valence-electron chi connectivity index (χ3n) is 3.13. The van der Waals surface area contributed by atoms with Crippen LogP contribution in [0, 0.1) is 5.82 Å². The molecule has 0 saturated heterocycles. The average Bonchev–Trinajstić information content (AvgIpc) is 2.48. The van der Waals surface area contributed by atoms with Crippen LogP contribution in [0.5, 0.6) is 0 Å². The number of esters is 1. The molecule has 0 aromatic heterocycles. The van der Waals surface area contributed by atoms with Gasteiger partial charge in [0.25, 0.3) is 0 Å². The summed E-state index contributed by atoms with van der Waals surface area (Å²) >= 11 is 0. The Morgan fingerprint density at radius 2 is 1.95 bits per heavy atom. The second-order valence-corrected chi connectivity index (χ2v) is 4.61. The number of rotatable bonds is 6. The smallest absolute Gasteiger partial charge is 0.332 e. The molecule has 2 aromatic rings. The van der Waals surface area contributed by atoms with Crippen molar-refractivity contribution in [3.8, 4) is 0 Å². The van der Waals surface area contributed by atoms with E-state index in [4.69, 9.17) is 15.2 Å². The molecule has 0 spiro atoms. The minimum absolute atomic E-state index is 0.138. The molecule has 5 heteroatoms. The summed E-state index contributed by atoms with van der Waals surface area (Å²) in [5.41, 5.74) is 6.86. The highest BCUT2D eigenvalue weighted by Gasteiger charge is 2.13. The molecule has 2 aromatic carbocycles. The van der Waals surface area contributed by atoms with E-state index < -0.39 is 12.0 Å². The van der Waals surface area contributed by atoms with Crippen molar-refractivity contribution in [3.63, 3.8) is 0 Å². The summed E-state index contributed by atoms with van der Waals surface area (Å²) in [6.07, 6.45) is 0. The number of halogens is 1. The van der Waals surface area contributed by atoms with E-state index >= 15 is 0 Å². The van der Waals surface area contributed by atoms with Crippen molar-refractivity contribution in [1.29, 1.82) is 0 Å². The van der Waals surface area contributed by atoms with Gasteiger partial charge >= 0.3 is 5.97 Å². The Balaban J connectivity index is 2.08. The van der Waals surface area contributed by atoms with Crippen LogP contribution < -0.4 is 5.73 Å². The van der Waals surface area contributed by atoms with Gasteiger partial charge in [-0.3, -0.25) is 0 Å². The molecular weight excluding hydrogens is 273 g/mol. The van der Waals surface area contributed by atoms with Gasteiger partial charge in [-0.15, -0.1) is 0 Å². The van der Waals surface area contributed by atoms with Crippen molar-refractivity contribution in [1.82, 2.24) is 0 Å². The summed E-state index contributed by atoms with van der Waals surface area (Å²) in [5, 5.41) is 1.28. The predicted octanol–water partition coefficient (Wildman–Crippen LogP) is 2.56. The summed E-state index contributed by atoms with van der Waals surface area (Å²) in [4.78, 5) is 11.2. The lowest BCUT2D eigenvalue weighted by Crippen LogP contribution is -2.21. The highest BCUT2D eigenvalue weighted by atomic mass is 19.1. The van der Waals surface area contributed by atoms with Crippen LogP contribution in [0.3, 0.4) is 0 Å². The zero-order valence-corrected chi connectivity index (χ0v) is 11.8. The van der Waals surface area contributed by atoms with E-state index in [1.807, 2.05) is 12.1 Å². The van der Waals surface area contributed by atoms with Crippen LogP contribution in [0.1, 0.15) is 18.5 Å². The van der Waals surface area contributed by atoms with Gasteiger partial charge in [-0.05, 0) is 23.9 Å². The first-order chi connectivity index (χ1) is 10.1. The summed E-state index contributed by atoms with van der Waals surface area (Å²) in [5.74, 6) is -0.706. The number of carbonyl (C=O) groups excluding carboxylic acids is 1. The third-order valence-corrected chi connectivity index (χ3v) is 3.13. The van der Waals surface area contributed by atoms with Crippen LogP contribution in [0.4, 0.5) is 4.39 Å². The first kappa shape index (κ1) is 15.4. The molecule has 112 valence electrons.